The molecule has 0 amide bonds. The molecule has 0 aliphatic carbocycles. The Labute approximate surface area is 172 Å². The molecule has 1 N–H and O–H groups in total. The van der Waals surface area contributed by atoms with Crippen molar-refractivity contribution in [2.45, 2.75) is 34.6 Å². The van der Waals surface area contributed by atoms with Crippen LogP contribution in [0.15, 0.2) is 18.2 Å². The van der Waals surface area contributed by atoms with Crippen LogP contribution in [0.5, 0.6) is 0 Å². The number of rotatable bonds is 6. The van der Waals surface area contributed by atoms with Gasteiger partial charge in [0.25, 0.3) is 0 Å². The third kappa shape index (κ3) is 4.37. The van der Waals surface area contributed by atoms with Gasteiger partial charge in [-0.2, -0.15) is 0 Å². The van der Waals surface area contributed by atoms with Crippen LogP contribution >= 0.6 is 0 Å². The van der Waals surface area contributed by atoms with Crippen LogP contribution in [0.2, 0.25) is 0 Å². The molecule has 0 unspecified atom stereocenters. The van der Waals surface area contributed by atoms with E-state index in [0.717, 1.165) is 26.2 Å². The van der Waals surface area contributed by atoms with Crippen LogP contribution in [0.4, 0.5) is 5.69 Å². The fourth-order valence-electron chi connectivity index (χ4n) is 4.05. The lowest BCUT2D eigenvalue weighted by atomic mass is 10.1. The Balaban J connectivity index is 1.64. The van der Waals surface area contributed by atoms with Gasteiger partial charge in [0.2, 0.25) is 0 Å². The molecular formula is C23H31N3O3. The molecule has 0 bridgehead atoms. The Kier molecular flexibility index (Phi) is 6.42. The Bertz CT molecular complexity index is 908. The van der Waals surface area contributed by atoms with Gasteiger partial charge in [0.05, 0.1) is 24.4 Å². The average molecular weight is 398 g/mol. The predicted molar refractivity (Wildman–Crippen MR) is 115 cm³/mol. The number of hydrogen-bond acceptors (Lipinski definition) is 5. The number of nitrogens with zero attached hydrogens (tertiary/aromatic N) is 2. The van der Waals surface area contributed by atoms with Crippen molar-refractivity contribution in [3.05, 3.63) is 51.8 Å². The Hall–Kier alpha value is -2.60. The summed E-state index contributed by atoms with van der Waals surface area (Å²) in [7, 11) is 0. The van der Waals surface area contributed by atoms with E-state index in [9.17, 15) is 9.59 Å². The number of ketones is 1. The molecule has 0 spiro atoms. The van der Waals surface area contributed by atoms with Gasteiger partial charge in [0, 0.05) is 37.6 Å². The number of aromatic nitrogens is 1. The summed E-state index contributed by atoms with van der Waals surface area (Å²) < 4.78 is 5.12. The van der Waals surface area contributed by atoms with E-state index < -0.39 is 0 Å². The molecule has 2 aromatic rings. The second-order valence-corrected chi connectivity index (χ2v) is 7.75. The van der Waals surface area contributed by atoms with Gasteiger partial charge < -0.3 is 14.6 Å². The van der Waals surface area contributed by atoms with E-state index in [1.807, 2.05) is 0 Å². The molecule has 0 saturated carbocycles. The van der Waals surface area contributed by atoms with Crippen molar-refractivity contribution in [3.8, 4) is 0 Å². The monoisotopic (exact) mass is 397 g/mol. The maximum Gasteiger partial charge on any atom is 0.340 e. The first-order valence-electron chi connectivity index (χ1n) is 10.3. The number of ether oxygens (including phenoxy) is 1. The molecule has 1 aromatic heterocycles. The smallest absolute Gasteiger partial charge is 0.340 e. The molecule has 0 atom stereocenters. The van der Waals surface area contributed by atoms with E-state index >= 15 is 0 Å². The van der Waals surface area contributed by atoms with E-state index in [-0.39, 0.29) is 11.8 Å². The summed E-state index contributed by atoms with van der Waals surface area (Å²) in [6.45, 7) is 13.8. The first-order chi connectivity index (χ1) is 13.8. The highest BCUT2D eigenvalue weighted by atomic mass is 16.5. The maximum atomic E-state index is 12.9. The zero-order valence-electron chi connectivity index (χ0n) is 18.1. The highest BCUT2D eigenvalue weighted by Gasteiger charge is 2.25. The lowest BCUT2D eigenvalue weighted by molar-refractivity contribution is 0.0525. The molecule has 2 heterocycles. The zero-order chi connectivity index (χ0) is 21.1. The molecule has 3 rings (SSSR count). The summed E-state index contributed by atoms with van der Waals surface area (Å²) in [6.07, 6.45) is 0. The third-order valence-electron chi connectivity index (χ3n) is 5.85. The lowest BCUT2D eigenvalue weighted by Crippen LogP contribution is -2.48. The third-order valence-corrected chi connectivity index (χ3v) is 5.85. The van der Waals surface area contributed by atoms with Gasteiger partial charge in [-0.25, -0.2) is 4.79 Å². The van der Waals surface area contributed by atoms with E-state index in [1.54, 1.807) is 20.8 Å². The number of carbonyl (C=O) groups is 2. The number of aryl methyl sites for hydroxylation is 2. The van der Waals surface area contributed by atoms with Crippen molar-refractivity contribution in [3.63, 3.8) is 0 Å². The molecule has 6 heteroatoms. The van der Waals surface area contributed by atoms with Crippen molar-refractivity contribution >= 4 is 17.4 Å². The first kappa shape index (κ1) is 21.1. The number of H-pyrrole nitrogens is 1. The number of nitrogens with one attached hydrogen (secondary N) is 1. The predicted octanol–water partition coefficient (Wildman–Crippen LogP) is 3.43. The molecule has 1 aliphatic heterocycles. The first-order valence-corrected chi connectivity index (χ1v) is 10.3. The topological polar surface area (TPSA) is 65.6 Å². The largest absolute Gasteiger partial charge is 0.462 e. The van der Waals surface area contributed by atoms with Crippen LogP contribution in [-0.2, 0) is 4.74 Å². The summed E-state index contributed by atoms with van der Waals surface area (Å²) in [5.74, 6) is -0.360. The summed E-state index contributed by atoms with van der Waals surface area (Å²) >= 11 is 0. The van der Waals surface area contributed by atoms with Crippen LogP contribution in [0.3, 0.4) is 0 Å². The number of Topliss-reactive ketones (excluding diaryl/α,β-unsaturated/α-hetero) is 1. The maximum absolute atomic E-state index is 12.9. The molecule has 29 heavy (non-hydrogen) atoms. The van der Waals surface area contributed by atoms with E-state index in [2.05, 4.69) is 46.8 Å². The van der Waals surface area contributed by atoms with Gasteiger partial charge >= 0.3 is 5.97 Å². The normalized spacial score (nSPS) is 14.9. The number of hydrogen-bond donors (Lipinski definition) is 1. The fourth-order valence-corrected chi connectivity index (χ4v) is 4.05. The van der Waals surface area contributed by atoms with Crippen LogP contribution in [0.25, 0.3) is 0 Å². The zero-order valence-corrected chi connectivity index (χ0v) is 18.1. The van der Waals surface area contributed by atoms with Crippen LogP contribution < -0.4 is 4.90 Å². The molecule has 1 saturated heterocycles. The van der Waals surface area contributed by atoms with Gasteiger partial charge in [-0.05, 0) is 57.4 Å². The summed E-state index contributed by atoms with van der Waals surface area (Å²) in [5.41, 5.74) is 6.27. The molecule has 156 valence electrons. The second kappa shape index (κ2) is 8.82. The number of anilines is 1. The quantitative estimate of drug-likeness (QED) is 0.598. The number of aromatic amines is 1. The average Bonchev–Trinajstić information content (AvgIpc) is 2.99. The van der Waals surface area contributed by atoms with E-state index in [0.29, 0.717) is 35.7 Å². The Morgan fingerprint density at radius 3 is 2.38 bits per heavy atom. The van der Waals surface area contributed by atoms with Crippen molar-refractivity contribution in [2.75, 3.05) is 44.2 Å². The van der Waals surface area contributed by atoms with Gasteiger partial charge in [-0.3, -0.25) is 9.69 Å². The van der Waals surface area contributed by atoms with E-state index in [1.165, 1.54) is 16.8 Å². The van der Waals surface area contributed by atoms with Gasteiger partial charge in [-0.1, -0.05) is 12.1 Å². The fraction of sp³-hybridized carbons (Fsp3) is 0.478. The van der Waals surface area contributed by atoms with Gasteiger partial charge in [-0.15, -0.1) is 0 Å². The van der Waals surface area contributed by atoms with Gasteiger partial charge in [0.1, 0.15) is 0 Å². The molecular weight excluding hydrogens is 366 g/mol. The Morgan fingerprint density at radius 2 is 1.72 bits per heavy atom. The molecule has 0 radical (unpaired) electrons. The molecule has 6 nitrogen and oxygen atoms in total. The second-order valence-electron chi connectivity index (χ2n) is 7.75. The summed E-state index contributed by atoms with van der Waals surface area (Å²) in [4.78, 5) is 32.7. The number of esters is 1. The van der Waals surface area contributed by atoms with Crippen molar-refractivity contribution in [2.24, 2.45) is 0 Å². The van der Waals surface area contributed by atoms with Crippen LogP contribution in [-0.4, -0.2) is 61.0 Å². The Morgan fingerprint density at radius 1 is 1.03 bits per heavy atom. The number of benzene rings is 1. The SMILES string of the molecule is CCOC(=O)c1c(C)[nH]c(C(=O)CN2CCN(c3cccc(C)c3C)CC2)c1C. The van der Waals surface area contributed by atoms with Crippen molar-refractivity contribution in [1.29, 1.82) is 0 Å². The molecule has 1 aliphatic rings. The number of piperazine rings is 1. The minimum atomic E-state index is -0.375. The standard InChI is InChI=1S/C23H31N3O3/c1-6-29-23(28)21-17(4)22(24-18(21)5)20(27)14-25-10-12-26(13-11-25)19-9-7-8-15(2)16(19)3/h7-9,24H,6,10-14H2,1-5H3. The molecule has 1 aromatic carbocycles. The van der Waals surface area contributed by atoms with Crippen molar-refractivity contribution in [1.82, 2.24) is 9.88 Å². The van der Waals surface area contributed by atoms with E-state index in [4.69, 9.17) is 4.74 Å². The van der Waals surface area contributed by atoms with Crippen molar-refractivity contribution < 1.29 is 14.3 Å². The highest BCUT2D eigenvalue weighted by Crippen LogP contribution is 2.24. The van der Waals surface area contributed by atoms with Gasteiger partial charge in [0.15, 0.2) is 5.78 Å². The lowest BCUT2D eigenvalue weighted by Gasteiger charge is -2.36. The minimum absolute atomic E-state index is 0.0151. The highest BCUT2D eigenvalue weighted by molar-refractivity contribution is 6.02. The van der Waals surface area contributed by atoms with Crippen LogP contribution in [0, 0.1) is 27.7 Å². The van der Waals surface area contributed by atoms with Crippen LogP contribution in [0.1, 0.15) is 50.2 Å². The summed E-state index contributed by atoms with van der Waals surface area (Å²) in [5, 5.41) is 0. The number of carbonyl (C=O) groups excluding carboxylic acids is 2. The summed E-state index contributed by atoms with van der Waals surface area (Å²) in [6, 6.07) is 6.41. The minimum Gasteiger partial charge on any atom is -0.462 e. The molecule has 1 fully saturated rings.